The summed E-state index contributed by atoms with van der Waals surface area (Å²) in [4.78, 5) is 25.6. The van der Waals surface area contributed by atoms with Crippen LogP contribution in [-0.4, -0.2) is 43.5 Å². The zero-order valence-electron chi connectivity index (χ0n) is 14.9. The number of amides is 2. The van der Waals surface area contributed by atoms with Gasteiger partial charge in [-0.3, -0.25) is 9.59 Å². The van der Waals surface area contributed by atoms with Crippen molar-refractivity contribution in [3.05, 3.63) is 22.7 Å². The Morgan fingerprint density at radius 3 is 2.60 bits per heavy atom. The van der Waals surface area contributed by atoms with Crippen LogP contribution >= 0.6 is 11.6 Å². The smallest absolute Gasteiger partial charge is 0.255 e. The number of nitrogens with zero attached hydrogens (tertiary/aromatic N) is 1. The van der Waals surface area contributed by atoms with Crippen molar-refractivity contribution in [3.8, 4) is 11.5 Å². The molecule has 2 amide bonds. The lowest BCUT2D eigenvalue weighted by Gasteiger charge is -2.36. The third-order valence-corrected chi connectivity index (χ3v) is 5.00. The summed E-state index contributed by atoms with van der Waals surface area (Å²) in [6.07, 6.45) is 4.49. The number of hydrogen-bond donors (Lipinski definition) is 1. The summed E-state index contributed by atoms with van der Waals surface area (Å²) in [7, 11) is 3.27. The molecular formula is C18H25ClN2O4. The normalized spacial score (nSPS) is 20.0. The number of ether oxygens (including phenoxy) is 2. The summed E-state index contributed by atoms with van der Waals surface area (Å²) in [5.41, 5.74) is 5.51. The fourth-order valence-corrected chi connectivity index (χ4v) is 3.62. The molecule has 25 heavy (non-hydrogen) atoms. The largest absolute Gasteiger partial charge is 0.493 e. The van der Waals surface area contributed by atoms with Crippen LogP contribution in [0.4, 0.5) is 0 Å². The molecule has 2 N–H and O–H groups in total. The fourth-order valence-electron chi connectivity index (χ4n) is 3.35. The molecule has 1 aromatic carbocycles. The van der Waals surface area contributed by atoms with Crippen LogP contribution in [0.25, 0.3) is 0 Å². The van der Waals surface area contributed by atoms with Crippen molar-refractivity contribution < 1.29 is 19.1 Å². The van der Waals surface area contributed by atoms with Crippen LogP contribution in [0, 0.1) is 5.92 Å². The van der Waals surface area contributed by atoms with E-state index in [9.17, 15) is 9.59 Å². The van der Waals surface area contributed by atoms with E-state index in [1.807, 2.05) is 7.05 Å². The molecule has 0 aromatic heterocycles. The van der Waals surface area contributed by atoms with Crippen LogP contribution in [0.15, 0.2) is 12.1 Å². The standard InChI is InChI=1S/C18H25ClN2O4/c1-11-6-4-5-7-14(11)21(2)18(23)12-8-13(19)17(15(9-12)24-3)25-10-16(20)22/h8-9,11,14H,4-7,10H2,1-3H3,(H2,20,22). The quantitative estimate of drug-likeness (QED) is 0.837. The van der Waals surface area contributed by atoms with Gasteiger partial charge in [-0.1, -0.05) is 31.4 Å². The predicted octanol–water partition coefficient (Wildman–Crippen LogP) is 2.86. The van der Waals surface area contributed by atoms with Crippen molar-refractivity contribution in [1.82, 2.24) is 4.90 Å². The second-order valence-corrected chi connectivity index (χ2v) is 6.90. The van der Waals surface area contributed by atoms with Gasteiger partial charge in [0, 0.05) is 18.7 Å². The van der Waals surface area contributed by atoms with Gasteiger partial charge in [0.05, 0.1) is 12.1 Å². The lowest BCUT2D eigenvalue weighted by molar-refractivity contribution is -0.119. The van der Waals surface area contributed by atoms with Crippen molar-refractivity contribution in [2.24, 2.45) is 11.7 Å². The fraction of sp³-hybridized carbons (Fsp3) is 0.556. The molecule has 0 bridgehead atoms. The van der Waals surface area contributed by atoms with Crippen LogP contribution in [0.2, 0.25) is 5.02 Å². The Morgan fingerprint density at radius 1 is 1.32 bits per heavy atom. The average molecular weight is 369 g/mol. The zero-order valence-corrected chi connectivity index (χ0v) is 15.6. The van der Waals surface area contributed by atoms with Gasteiger partial charge in [-0.15, -0.1) is 0 Å². The summed E-state index contributed by atoms with van der Waals surface area (Å²) in [6.45, 7) is 1.87. The van der Waals surface area contributed by atoms with Crippen molar-refractivity contribution in [2.75, 3.05) is 20.8 Å². The second kappa shape index (κ2) is 8.43. The molecule has 2 unspecified atom stereocenters. The SMILES string of the molecule is COc1cc(C(=O)N(C)C2CCCCC2C)cc(Cl)c1OCC(N)=O. The number of benzene rings is 1. The van der Waals surface area contributed by atoms with Crippen LogP contribution in [0.5, 0.6) is 11.5 Å². The molecule has 2 rings (SSSR count). The molecule has 0 saturated heterocycles. The number of hydrogen-bond acceptors (Lipinski definition) is 4. The number of nitrogens with two attached hydrogens (primary N) is 1. The van der Waals surface area contributed by atoms with E-state index in [2.05, 4.69) is 6.92 Å². The lowest BCUT2D eigenvalue weighted by Crippen LogP contribution is -2.42. The first-order valence-corrected chi connectivity index (χ1v) is 8.78. The minimum Gasteiger partial charge on any atom is -0.493 e. The van der Waals surface area contributed by atoms with E-state index in [0.29, 0.717) is 17.2 Å². The first-order chi connectivity index (χ1) is 11.8. The Kier molecular flexibility index (Phi) is 6.53. The molecule has 138 valence electrons. The van der Waals surface area contributed by atoms with Gasteiger partial charge >= 0.3 is 0 Å². The zero-order chi connectivity index (χ0) is 18.6. The molecule has 0 aliphatic heterocycles. The van der Waals surface area contributed by atoms with E-state index in [4.69, 9.17) is 26.8 Å². The minimum absolute atomic E-state index is 0.111. The van der Waals surface area contributed by atoms with Gasteiger partial charge in [0.2, 0.25) is 0 Å². The third-order valence-electron chi connectivity index (χ3n) is 4.72. The molecule has 6 nitrogen and oxygen atoms in total. The van der Waals surface area contributed by atoms with Crippen LogP contribution < -0.4 is 15.2 Å². The topological polar surface area (TPSA) is 81.9 Å². The van der Waals surface area contributed by atoms with E-state index in [1.54, 1.807) is 11.0 Å². The van der Waals surface area contributed by atoms with E-state index < -0.39 is 5.91 Å². The summed E-state index contributed by atoms with van der Waals surface area (Å²) in [6, 6.07) is 3.33. The highest BCUT2D eigenvalue weighted by atomic mass is 35.5. The lowest BCUT2D eigenvalue weighted by atomic mass is 9.85. The van der Waals surface area contributed by atoms with Gasteiger partial charge in [0.15, 0.2) is 18.1 Å². The number of methoxy groups -OCH3 is 1. The van der Waals surface area contributed by atoms with Gasteiger partial charge in [-0.2, -0.15) is 0 Å². The Morgan fingerprint density at radius 2 is 2.00 bits per heavy atom. The van der Waals surface area contributed by atoms with E-state index in [0.717, 1.165) is 19.3 Å². The van der Waals surface area contributed by atoms with Gasteiger partial charge in [0.1, 0.15) is 0 Å². The highest BCUT2D eigenvalue weighted by Gasteiger charge is 2.29. The Labute approximate surface area is 153 Å². The number of rotatable bonds is 6. The van der Waals surface area contributed by atoms with Crippen molar-refractivity contribution in [2.45, 2.75) is 38.6 Å². The summed E-state index contributed by atoms with van der Waals surface area (Å²) in [5, 5.41) is 0.203. The first kappa shape index (κ1) is 19.4. The molecule has 7 heteroatoms. The molecule has 0 radical (unpaired) electrons. The van der Waals surface area contributed by atoms with Crippen LogP contribution in [0.3, 0.4) is 0 Å². The summed E-state index contributed by atoms with van der Waals surface area (Å²) >= 11 is 6.23. The third kappa shape index (κ3) is 4.57. The minimum atomic E-state index is -0.621. The van der Waals surface area contributed by atoms with Crippen molar-refractivity contribution in [3.63, 3.8) is 0 Å². The van der Waals surface area contributed by atoms with E-state index in [-0.39, 0.29) is 29.3 Å². The number of halogens is 1. The molecule has 0 heterocycles. The molecule has 1 saturated carbocycles. The molecule has 1 aromatic rings. The van der Waals surface area contributed by atoms with Crippen molar-refractivity contribution in [1.29, 1.82) is 0 Å². The summed E-state index contributed by atoms with van der Waals surface area (Å²) < 4.78 is 10.6. The monoisotopic (exact) mass is 368 g/mol. The Balaban J connectivity index is 2.24. The maximum Gasteiger partial charge on any atom is 0.255 e. The highest BCUT2D eigenvalue weighted by Crippen LogP contribution is 2.37. The van der Waals surface area contributed by atoms with Gasteiger partial charge in [0.25, 0.3) is 11.8 Å². The predicted molar refractivity (Wildman–Crippen MR) is 96.2 cm³/mol. The maximum atomic E-state index is 12.9. The van der Waals surface area contributed by atoms with Gasteiger partial charge < -0.3 is 20.1 Å². The summed E-state index contributed by atoms with van der Waals surface area (Å²) in [5.74, 6) is 0.235. The molecule has 0 spiro atoms. The van der Waals surface area contributed by atoms with Crippen LogP contribution in [-0.2, 0) is 4.79 Å². The number of primary amides is 1. The Hall–Kier alpha value is -1.95. The molecule has 1 aliphatic rings. The molecule has 2 atom stereocenters. The molecular weight excluding hydrogens is 344 g/mol. The average Bonchev–Trinajstić information content (AvgIpc) is 2.59. The molecule has 1 fully saturated rings. The second-order valence-electron chi connectivity index (χ2n) is 6.49. The maximum absolute atomic E-state index is 12.9. The van der Waals surface area contributed by atoms with Crippen molar-refractivity contribution >= 4 is 23.4 Å². The number of carbonyl (C=O) groups is 2. The first-order valence-electron chi connectivity index (χ1n) is 8.41. The number of carbonyl (C=O) groups excluding carboxylic acids is 2. The Bertz CT molecular complexity index is 650. The van der Waals surface area contributed by atoms with Crippen LogP contribution in [0.1, 0.15) is 43.0 Å². The van der Waals surface area contributed by atoms with Gasteiger partial charge in [-0.25, -0.2) is 0 Å². The van der Waals surface area contributed by atoms with Gasteiger partial charge in [-0.05, 0) is 30.9 Å². The van der Waals surface area contributed by atoms with E-state index >= 15 is 0 Å². The molecule has 1 aliphatic carbocycles. The van der Waals surface area contributed by atoms with E-state index in [1.165, 1.54) is 19.6 Å². The highest BCUT2D eigenvalue weighted by molar-refractivity contribution is 6.32.